The lowest BCUT2D eigenvalue weighted by Gasteiger charge is -2.13. The fraction of sp³-hybridized carbons (Fsp3) is 0.0196. The fourth-order valence-corrected chi connectivity index (χ4v) is 7.77. The molecule has 2 aromatic heterocycles. The molecular formula is C51H35N3. The molecule has 0 spiro atoms. The third kappa shape index (κ3) is 5.64. The first-order chi connectivity index (χ1) is 26.7. The SMILES string of the molecule is Cc1cc(-c2ccc3cc(-c4ccc(-c5cc(-c6ccccc6)nc(-c6ccccc6)n5)cc4)ccc3c2)ccc1-n1c2ccccc2c2ccccc21. The Labute approximate surface area is 314 Å². The summed E-state index contributed by atoms with van der Waals surface area (Å²) < 4.78 is 2.40. The number of fused-ring (bicyclic) bond motifs is 4. The second-order valence-electron chi connectivity index (χ2n) is 13.9. The predicted molar refractivity (Wildman–Crippen MR) is 226 cm³/mol. The summed E-state index contributed by atoms with van der Waals surface area (Å²) in [6, 6.07) is 69.1. The molecule has 0 saturated heterocycles. The van der Waals surface area contributed by atoms with E-state index in [2.05, 4.69) is 169 Å². The molecule has 0 amide bonds. The average molecular weight is 690 g/mol. The number of hydrogen-bond donors (Lipinski definition) is 0. The van der Waals surface area contributed by atoms with E-state index in [9.17, 15) is 0 Å². The zero-order chi connectivity index (χ0) is 36.0. The molecule has 2 heterocycles. The molecule has 3 heteroatoms. The first-order valence-electron chi connectivity index (χ1n) is 18.4. The molecule has 10 rings (SSSR count). The van der Waals surface area contributed by atoms with Gasteiger partial charge in [-0.2, -0.15) is 0 Å². The second-order valence-corrected chi connectivity index (χ2v) is 13.9. The summed E-state index contributed by atoms with van der Waals surface area (Å²) in [4.78, 5) is 9.96. The maximum atomic E-state index is 5.01. The maximum absolute atomic E-state index is 5.01. The smallest absolute Gasteiger partial charge is 0.160 e. The lowest BCUT2D eigenvalue weighted by Crippen LogP contribution is -1.97. The third-order valence-electron chi connectivity index (χ3n) is 10.5. The molecule has 0 N–H and O–H groups in total. The van der Waals surface area contributed by atoms with E-state index in [0.717, 1.165) is 33.9 Å². The Morgan fingerprint density at radius 2 is 0.796 bits per heavy atom. The van der Waals surface area contributed by atoms with Crippen LogP contribution in [0.2, 0.25) is 0 Å². The average Bonchev–Trinajstić information content (AvgIpc) is 3.58. The van der Waals surface area contributed by atoms with Gasteiger partial charge in [0.15, 0.2) is 5.82 Å². The van der Waals surface area contributed by atoms with Crippen molar-refractivity contribution in [3.8, 4) is 61.8 Å². The van der Waals surface area contributed by atoms with E-state index in [1.54, 1.807) is 0 Å². The summed E-state index contributed by atoms with van der Waals surface area (Å²) in [6.07, 6.45) is 0. The van der Waals surface area contributed by atoms with Gasteiger partial charge in [0.2, 0.25) is 0 Å². The first-order valence-corrected chi connectivity index (χ1v) is 18.4. The van der Waals surface area contributed by atoms with Crippen LogP contribution in [0.3, 0.4) is 0 Å². The van der Waals surface area contributed by atoms with E-state index < -0.39 is 0 Å². The topological polar surface area (TPSA) is 30.7 Å². The third-order valence-corrected chi connectivity index (χ3v) is 10.5. The van der Waals surface area contributed by atoms with Crippen LogP contribution in [0, 0.1) is 6.92 Å². The van der Waals surface area contributed by atoms with Gasteiger partial charge >= 0.3 is 0 Å². The molecule has 0 aliphatic heterocycles. The minimum absolute atomic E-state index is 0.721. The summed E-state index contributed by atoms with van der Waals surface area (Å²) in [6.45, 7) is 2.22. The van der Waals surface area contributed by atoms with Crippen molar-refractivity contribution in [1.82, 2.24) is 14.5 Å². The maximum Gasteiger partial charge on any atom is 0.160 e. The van der Waals surface area contributed by atoms with Crippen LogP contribution >= 0.6 is 0 Å². The lowest BCUT2D eigenvalue weighted by molar-refractivity contribution is 1.15. The zero-order valence-electron chi connectivity index (χ0n) is 29.8. The van der Waals surface area contributed by atoms with Gasteiger partial charge in [0.1, 0.15) is 0 Å². The van der Waals surface area contributed by atoms with Gasteiger partial charge in [0.25, 0.3) is 0 Å². The Morgan fingerprint density at radius 1 is 0.352 bits per heavy atom. The molecule has 3 nitrogen and oxygen atoms in total. The van der Waals surface area contributed by atoms with Crippen molar-refractivity contribution in [1.29, 1.82) is 0 Å². The van der Waals surface area contributed by atoms with Crippen LogP contribution in [0.1, 0.15) is 5.56 Å². The second kappa shape index (κ2) is 13.1. The zero-order valence-corrected chi connectivity index (χ0v) is 29.8. The van der Waals surface area contributed by atoms with Gasteiger partial charge in [-0.15, -0.1) is 0 Å². The molecule has 54 heavy (non-hydrogen) atoms. The highest BCUT2D eigenvalue weighted by atomic mass is 15.0. The van der Waals surface area contributed by atoms with E-state index >= 15 is 0 Å². The summed E-state index contributed by atoms with van der Waals surface area (Å²) in [5, 5.41) is 5.00. The number of benzene rings is 8. The molecule has 0 bridgehead atoms. The standard InChI is InChI=1S/C51H35N3/c1-34-30-39(28-29-48(34)54-49-18-10-8-16-44(49)45-17-9-11-19-50(45)54)41-26-27-42-31-40(24-25-43(42)32-41)35-20-22-37(23-21-35)47-33-46(36-12-4-2-5-13-36)52-51(53-47)38-14-6-3-7-15-38/h2-33H,1H3. The van der Waals surface area contributed by atoms with E-state index in [-0.39, 0.29) is 0 Å². The van der Waals surface area contributed by atoms with Crippen molar-refractivity contribution < 1.29 is 0 Å². The van der Waals surface area contributed by atoms with E-state index in [1.807, 2.05) is 36.4 Å². The van der Waals surface area contributed by atoms with Crippen LogP contribution in [-0.2, 0) is 0 Å². The van der Waals surface area contributed by atoms with Crippen LogP contribution in [0.5, 0.6) is 0 Å². The molecule has 254 valence electrons. The van der Waals surface area contributed by atoms with E-state index in [4.69, 9.17) is 9.97 Å². The number of hydrogen-bond acceptors (Lipinski definition) is 2. The Kier molecular flexibility index (Phi) is 7.70. The Balaban J connectivity index is 0.947. The number of rotatable bonds is 6. The van der Waals surface area contributed by atoms with Crippen molar-refractivity contribution >= 4 is 32.6 Å². The molecular weight excluding hydrogens is 655 g/mol. The summed E-state index contributed by atoms with van der Waals surface area (Å²) in [5.74, 6) is 0.721. The molecule has 0 atom stereocenters. The fourth-order valence-electron chi connectivity index (χ4n) is 7.77. The van der Waals surface area contributed by atoms with Crippen molar-refractivity contribution in [2.45, 2.75) is 6.92 Å². The van der Waals surface area contributed by atoms with Gasteiger partial charge in [-0.3, -0.25) is 0 Å². The quantitative estimate of drug-likeness (QED) is 0.174. The van der Waals surface area contributed by atoms with Gasteiger partial charge in [0.05, 0.1) is 22.4 Å². The van der Waals surface area contributed by atoms with Gasteiger partial charge in [-0.05, 0) is 88.0 Å². The van der Waals surface area contributed by atoms with Gasteiger partial charge in [0, 0.05) is 33.2 Å². The largest absolute Gasteiger partial charge is 0.309 e. The number of aromatic nitrogens is 3. The molecule has 0 aliphatic carbocycles. The lowest BCUT2D eigenvalue weighted by atomic mass is 9.96. The van der Waals surface area contributed by atoms with Crippen LogP contribution < -0.4 is 0 Å². The minimum Gasteiger partial charge on any atom is -0.309 e. The molecule has 0 fully saturated rings. The highest BCUT2D eigenvalue weighted by Gasteiger charge is 2.15. The monoisotopic (exact) mass is 689 g/mol. The van der Waals surface area contributed by atoms with Crippen molar-refractivity contribution in [2.24, 2.45) is 0 Å². The number of aryl methyl sites for hydroxylation is 1. The van der Waals surface area contributed by atoms with Crippen molar-refractivity contribution in [3.05, 3.63) is 200 Å². The molecule has 10 aromatic rings. The van der Waals surface area contributed by atoms with Crippen molar-refractivity contribution in [3.63, 3.8) is 0 Å². The Morgan fingerprint density at radius 3 is 1.39 bits per heavy atom. The van der Waals surface area contributed by atoms with Gasteiger partial charge in [-0.25, -0.2) is 9.97 Å². The Bertz CT molecular complexity index is 2870. The van der Waals surface area contributed by atoms with Gasteiger partial charge in [-0.1, -0.05) is 152 Å². The predicted octanol–water partition coefficient (Wildman–Crippen LogP) is 13.4. The molecule has 0 unspecified atom stereocenters. The Hall–Kier alpha value is -7.10. The summed E-state index contributed by atoms with van der Waals surface area (Å²) in [5.41, 5.74) is 14.6. The highest BCUT2D eigenvalue weighted by molar-refractivity contribution is 6.09. The van der Waals surface area contributed by atoms with Crippen LogP contribution in [-0.4, -0.2) is 14.5 Å². The van der Waals surface area contributed by atoms with E-state index in [0.29, 0.717) is 0 Å². The molecule has 8 aromatic carbocycles. The highest BCUT2D eigenvalue weighted by Crippen LogP contribution is 2.36. The molecule has 0 radical (unpaired) electrons. The minimum atomic E-state index is 0.721. The first kappa shape index (κ1) is 31.6. The summed E-state index contributed by atoms with van der Waals surface area (Å²) in [7, 11) is 0. The van der Waals surface area contributed by atoms with Crippen LogP contribution in [0.4, 0.5) is 0 Å². The number of nitrogens with zero attached hydrogens (tertiary/aromatic N) is 3. The normalized spacial score (nSPS) is 11.4. The van der Waals surface area contributed by atoms with Crippen molar-refractivity contribution in [2.75, 3.05) is 0 Å². The van der Waals surface area contributed by atoms with E-state index in [1.165, 1.54) is 66.1 Å². The van der Waals surface area contributed by atoms with Crippen LogP contribution in [0.15, 0.2) is 194 Å². The summed E-state index contributed by atoms with van der Waals surface area (Å²) >= 11 is 0. The molecule has 0 saturated carbocycles. The molecule has 0 aliphatic rings. The van der Waals surface area contributed by atoms with Gasteiger partial charge < -0.3 is 4.57 Å². The van der Waals surface area contributed by atoms with Crippen LogP contribution in [0.25, 0.3) is 94.4 Å². The number of para-hydroxylation sites is 2.